The van der Waals surface area contributed by atoms with E-state index in [-0.39, 0.29) is 18.5 Å². The van der Waals surface area contributed by atoms with Gasteiger partial charge in [0, 0.05) is 0 Å². The minimum absolute atomic E-state index is 0.00977. The van der Waals surface area contributed by atoms with Crippen molar-refractivity contribution in [3.05, 3.63) is 35.9 Å². The van der Waals surface area contributed by atoms with Gasteiger partial charge in [-0.25, -0.2) is 0 Å². The number of rotatable bonds is 8. The number of carbonyl (C=O) groups excluding carboxylic acids is 2. The maximum absolute atomic E-state index is 11.9. The lowest BCUT2D eigenvalue weighted by atomic mass is 10.1. The fourth-order valence-corrected chi connectivity index (χ4v) is 1.75. The van der Waals surface area contributed by atoms with E-state index in [0.717, 1.165) is 5.56 Å². The van der Waals surface area contributed by atoms with E-state index in [2.05, 4.69) is 5.32 Å². The Bertz CT molecular complexity index is 419. The van der Waals surface area contributed by atoms with Gasteiger partial charge in [-0.2, -0.15) is 0 Å². The molecule has 5 heteroatoms. The second-order valence-electron chi connectivity index (χ2n) is 4.18. The molecular weight excluding hydrogens is 258 g/mol. The normalized spacial score (nSPS) is 11.7. The molecule has 1 atom stereocenters. The second-order valence-corrected chi connectivity index (χ2v) is 4.18. The summed E-state index contributed by atoms with van der Waals surface area (Å²) in [6.07, 6.45) is 0.471. The molecule has 0 fully saturated rings. The van der Waals surface area contributed by atoms with Crippen molar-refractivity contribution in [2.45, 2.75) is 26.3 Å². The molecule has 0 aromatic heterocycles. The van der Waals surface area contributed by atoms with Crippen LogP contribution in [0.3, 0.4) is 0 Å². The lowest BCUT2D eigenvalue weighted by Gasteiger charge is -2.16. The van der Waals surface area contributed by atoms with E-state index < -0.39 is 6.04 Å². The summed E-state index contributed by atoms with van der Waals surface area (Å²) >= 11 is 0. The Kier molecular flexibility index (Phi) is 7.35. The van der Waals surface area contributed by atoms with Gasteiger partial charge >= 0.3 is 11.9 Å². The molecule has 1 rings (SSSR count). The number of nitrogens with one attached hydrogen (secondary N) is 1. The van der Waals surface area contributed by atoms with E-state index in [4.69, 9.17) is 9.47 Å². The molecule has 0 radical (unpaired) electrons. The van der Waals surface area contributed by atoms with Gasteiger partial charge in [0.2, 0.25) is 0 Å². The van der Waals surface area contributed by atoms with Crippen LogP contribution in [0.2, 0.25) is 0 Å². The number of benzene rings is 1. The Morgan fingerprint density at radius 2 is 1.75 bits per heavy atom. The molecule has 0 saturated heterocycles. The van der Waals surface area contributed by atoms with Crippen LogP contribution in [-0.4, -0.2) is 37.7 Å². The number of hydrogen-bond acceptors (Lipinski definition) is 5. The molecule has 1 unspecified atom stereocenters. The topological polar surface area (TPSA) is 64.6 Å². The quantitative estimate of drug-likeness (QED) is 0.727. The van der Waals surface area contributed by atoms with Crippen molar-refractivity contribution in [1.29, 1.82) is 0 Å². The summed E-state index contributed by atoms with van der Waals surface area (Å²) in [6.45, 7) is 4.12. The van der Waals surface area contributed by atoms with Crippen LogP contribution in [0.5, 0.6) is 0 Å². The monoisotopic (exact) mass is 279 g/mol. The molecule has 5 nitrogen and oxygen atoms in total. The highest BCUT2D eigenvalue weighted by molar-refractivity contribution is 5.78. The summed E-state index contributed by atoms with van der Waals surface area (Å²) in [6, 6.07) is 9.03. The van der Waals surface area contributed by atoms with E-state index >= 15 is 0 Å². The largest absolute Gasteiger partial charge is 0.465 e. The van der Waals surface area contributed by atoms with Gasteiger partial charge in [0.05, 0.1) is 19.8 Å². The van der Waals surface area contributed by atoms with Gasteiger partial charge in [-0.05, 0) is 25.8 Å². The van der Waals surface area contributed by atoms with Crippen LogP contribution in [0.25, 0.3) is 0 Å². The van der Waals surface area contributed by atoms with Crippen LogP contribution in [0.1, 0.15) is 19.4 Å². The van der Waals surface area contributed by atoms with Gasteiger partial charge in [-0.3, -0.25) is 14.9 Å². The molecule has 0 aliphatic carbocycles. The van der Waals surface area contributed by atoms with Crippen molar-refractivity contribution < 1.29 is 19.1 Å². The number of esters is 2. The molecule has 1 N–H and O–H groups in total. The minimum Gasteiger partial charge on any atom is -0.465 e. The van der Waals surface area contributed by atoms with Crippen molar-refractivity contribution in [2.24, 2.45) is 0 Å². The standard InChI is InChI=1S/C15H21NO4/c1-3-19-14(17)11-16-13(15(18)20-4-2)10-12-8-6-5-7-9-12/h5-9,13,16H,3-4,10-11H2,1-2H3. The Hall–Kier alpha value is -1.88. The van der Waals surface area contributed by atoms with Crippen molar-refractivity contribution in [2.75, 3.05) is 19.8 Å². The molecule has 0 saturated carbocycles. The highest BCUT2D eigenvalue weighted by atomic mass is 16.5. The number of ether oxygens (including phenoxy) is 2. The zero-order valence-corrected chi connectivity index (χ0v) is 11.9. The predicted octanol–water partition coefficient (Wildman–Crippen LogP) is 1.31. The van der Waals surface area contributed by atoms with Crippen molar-refractivity contribution in [3.63, 3.8) is 0 Å². The highest BCUT2D eigenvalue weighted by Crippen LogP contribution is 2.04. The fourth-order valence-electron chi connectivity index (χ4n) is 1.75. The van der Waals surface area contributed by atoms with Gasteiger partial charge in [-0.1, -0.05) is 30.3 Å². The van der Waals surface area contributed by atoms with Gasteiger partial charge < -0.3 is 9.47 Å². The van der Waals surface area contributed by atoms with E-state index in [0.29, 0.717) is 19.6 Å². The first kappa shape index (κ1) is 16.2. The number of hydrogen-bond donors (Lipinski definition) is 1. The lowest BCUT2D eigenvalue weighted by Crippen LogP contribution is -2.42. The van der Waals surface area contributed by atoms with Crippen LogP contribution in [0.15, 0.2) is 30.3 Å². The molecule has 0 spiro atoms. The van der Waals surface area contributed by atoms with Crippen LogP contribution in [0.4, 0.5) is 0 Å². The third kappa shape index (κ3) is 5.84. The fraction of sp³-hybridized carbons (Fsp3) is 0.467. The SMILES string of the molecule is CCOC(=O)CNC(Cc1ccccc1)C(=O)OCC. The van der Waals surface area contributed by atoms with Crippen LogP contribution in [0, 0.1) is 0 Å². The zero-order chi connectivity index (χ0) is 14.8. The van der Waals surface area contributed by atoms with Gasteiger partial charge in [0.15, 0.2) is 0 Å². The summed E-state index contributed by atoms with van der Waals surface area (Å²) in [5, 5.41) is 2.89. The van der Waals surface area contributed by atoms with Crippen LogP contribution < -0.4 is 5.32 Å². The smallest absolute Gasteiger partial charge is 0.323 e. The molecular formula is C15H21NO4. The third-order valence-electron chi connectivity index (χ3n) is 2.65. The van der Waals surface area contributed by atoms with Crippen molar-refractivity contribution >= 4 is 11.9 Å². The van der Waals surface area contributed by atoms with Crippen molar-refractivity contribution in [3.8, 4) is 0 Å². The van der Waals surface area contributed by atoms with E-state index in [9.17, 15) is 9.59 Å². The maximum Gasteiger partial charge on any atom is 0.323 e. The molecule has 1 aromatic rings. The van der Waals surface area contributed by atoms with Gasteiger partial charge in [0.25, 0.3) is 0 Å². The average Bonchev–Trinajstić information content (AvgIpc) is 2.45. The molecule has 1 aromatic carbocycles. The first-order valence-corrected chi connectivity index (χ1v) is 6.77. The second kappa shape index (κ2) is 9.09. The van der Waals surface area contributed by atoms with Gasteiger partial charge in [-0.15, -0.1) is 0 Å². The predicted molar refractivity (Wildman–Crippen MR) is 75.2 cm³/mol. The Morgan fingerprint density at radius 3 is 2.35 bits per heavy atom. The first-order valence-electron chi connectivity index (χ1n) is 6.77. The maximum atomic E-state index is 11.9. The highest BCUT2D eigenvalue weighted by Gasteiger charge is 2.20. The summed E-state index contributed by atoms with van der Waals surface area (Å²) < 4.78 is 9.84. The molecule has 0 amide bonds. The molecule has 0 aliphatic rings. The van der Waals surface area contributed by atoms with Gasteiger partial charge in [0.1, 0.15) is 6.04 Å². The first-order chi connectivity index (χ1) is 9.67. The average molecular weight is 279 g/mol. The summed E-state index contributed by atoms with van der Waals surface area (Å²) in [5.74, 6) is -0.740. The van der Waals surface area contributed by atoms with E-state index in [1.807, 2.05) is 30.3 Å². The van der Waals surface area contributed by atoms with Crippen LogP contribution in [-0.2, 0) is 25.5 Å². The lowest BCUT2D eigenvalue weighted by molar-refractivity contribution is -0.146. The molecule has 20 heavy (non-hydrogen) atoms. The molecule has 0 bridgehead atoms. The zero-order valence-electron chi connectivity index (χ0n) is 11.9. The van der Waals surface area contributed by atoms with Crippen molar-refractivity contribution in [1.82, 2.24) is 5.32 Å². The Balaban J connectivity index is 2.60. The summed E-state index contributed by atoms with van der Waals surface area (Å²) in [7, 11) is 0. The molecule has 110 valence electrons. The Morgan fingerprint density at radius 1 is 1.10 bits per heavy atom. The summed E-state index contributed by atoms with van der Waals surface area (Å²) in [5.41, 5.74) is 1.00. The van der Waals surface area contributed by atoms with E-state index in [1.165, 1.54) is 0 Å². The number of carbonyl (C=O) groups is 2. The Labute approximate surface area is 119 Å². The van der Waals surface area contributed by atoms with E-state index in [1.54, 1.807) is 13.8 Å². The van der Waals surface area contributed by atoms with Crippen LogP contribution >= 0.6 is 0 Å². The molecule has 0 heterocycles. The summed E-state index contributed by atoms with van der Waals surface area (Å²) in [4.78, 5) is 23.2. The molecule has 0 aliphatic heterocycles. The minimum atomic E-state index is -0.554. The third-order valence-corrected chi connectivity index (χ3v) is 2.65.